The Kier molecular flexibility index (Phi) is 8.42. The Labute approximate surface area is 188 Å². The number of aryl methyl sites for hydroxylation is 1. The second-order valence-electron chi connectivity index (χ2n) is 7.06. The zero-order valence-electron chi connectivity index (χ0n) is 18.2. The van der Waals surface area contributed by atoms with Crippen LogP contribution in [-0.2, 0) is 14.4 Å². The first-order chi connectivity index (χ1) is 15.2. The number of halogens is 1. The summed E-state index contributed by atoms with van der Waals surface area (Å²) in [5, 5.41) is 1.80. The number of carbonyl (C=O) groups is 2. The van der Waals surface area contributed by atoms with E-state index in [9.17, 15) is 9.59 Å². The standard InChI is InChI=1S/C22H22FN3O5S/c1-13-10-14(6-9-19(13)29-4)17(12-27)20(22(2,3)30-5)16-8-7-15(11-18(16)23)32-21(28)31-26-25-24/h6-12H,1-5H3/b20-17+. The molecule has 0 aliphatic heterocycles. The van der Waals surface area contributed by atoms with Crippen molar-refractivity contribution in [1.82, 2.24) is 0 Å². The van der Waals surface area contributed by atoms with Crippen LogP contribution in [0.1, 0.15) is 30.5 Å². The molecule has 2 rings (SSSR count). The largest absolute Gasteiger partial charge is 0.496 e. The number of azide groups is 1. The van der Waals surface area contributed by atoms with Crippen molar-refractivity contribution in [2.45, 2.75) is 31.3 Å². The van der Waals surface area contributed by atoms with Crippen molar-refractivity contribution < 1.29 is 28.3 Å². The molecule has 0 aliphatic carbocycles. The average molecular weight is 459 g/mol. The van der Waals surface area contributed by atoms with Gasteiger partial charge in [-0.25, -0.2) is 9.18 Å². The Hall–Kier alpha value is -3.33. The van der Waals surface area contributed by atoms with Crippen LogP contribution >= 0.6 is 11.8 Å². The van der Waals surface area contributed by atoms with Crippen molar-refractivity contribution in [3.63, 3.8) is 0 Å². The van der Waals surface area contributed by atoms with Gasteiger partial charge < -0.3 is 14.3 Å². The predicted molar refractivity (Wildman–Crippen MR) is 120 cm³/mol. The minimum absolute atomic E-state index is 0.139. The average Bonchev–Trinajstić information content (AvgIpc) is 2.76. The highest BCUT2D eigenvalue weighted by atomic mass is 32.2. The van der Waals surface area contributed by atoms with E-state index >= 15 is 4.39 Å². The number of hydrogen-bond acceptors (Lipinski definition) is 7. The first-order valence-electron chi connectivity index (χ1n) is 9.31. The molecule has 0 spiro atoms. The number of ether oxygens (including phenoxy) is 2. The number of benzene rings is 2. The summed E-state index contributed by atoms with van der Waals surface area (Å²) in [6.45, 7) is 5.29. The third-order valence-electron chi connectivity index (χ3n) is 4.77. The van der Waals surface area contributed by atoms with Crippen molar-refractivity contribution in [3.8, 4) is 5.75 Å². The van der Waals surface area contributed by atoms with Crippen molar-refractivity contribution in [2.24, 2.45) is 5.28 Å². The van der Waals surface area contributed by atoms with Crippen LogP contribution in [0.5, 0.6) is 5.75 Å². The van der Waals surface area contributed by atoms with E-state index < -0.39 is 16.7 Å². The third-order valence-corrected chi connectivity index (χ3v) is 5.50. The van der Waals surface area contributed by atoms with E-state index in [0.717, 1.165) is 11.6 Å². The molecule has 32 heavy (non-hydrogen) atoms. The maximum absolute atomic E-state index is 15.2. The van der Waals surface area contributed by atoms with Gasteiger partial charge in [-0.2, -0.15) is 0 Å². The lowest BCUT2D eigenvalue weighted by molar-refractivity contribution is -0.103. The monoisotopic (exact) mass is 459 g/mol. The third kappa shape index (κ3) is 5.67. The van der Waals surface area contributed by atoms with Gasteiger partial charge in [-0.15, -0.1) is 0 Å². The van der Waals surface area contributed by atoms with Gasteiger partial charge in [0.25, 0.3) is 0 Å². The molecular weight excluding hydrogens is 437 g/mol. The van der Waals surface area contributed by atoms with E-state index in [2.05, 4.69) is 15.0 Å². The fourth-order valence-corrected chi connectivity index (χ4v) is 3.70. The summed E-state index contributed by atoms with van der Waals surface area (Å²) in [7, 11) is 3.02. The zero-order chi connectivity index (χ0) is 23.9. The molecule has 8 nitrogen and oxygen atoms in total. The molecule has 0 aromatic heterocycles. The Bertz CT molecular complexity index is 1110. The summed E-state index contributed by atoms with van der Waals surface area (Å²) in [5.41, 5.74) is 9.29. The van der Waals surface area contributed by atoms with Crippen LogP contribution in [0.15, 0.2) is 46.6 Å². The van der Waals surface area contributed by atoms with Gasteiger partial charge in [-0.3, -0.25) is 4.79 Å². The summed E-state index contributed by atoms with van der Waals surface area (Å²) in [4.78, 5) is 30.6. The molecule has 0 unspecified atom stereocenters. The maximum atomic E-state index is 15.2. The molecule has 2 aromatic carbocycles. The Morgan fingerprint density at radius 1 is 1.22 bits per heavy atom. The van der Waals surface area contributed by atoms with E-state index in [0.29, 0.717) is 34.9 Å². The molecule has 0 radical (unpaired) electrons. The fraction of sp³-hybridized carbons (Fsp3) is 0.273. The molecule has 168 valence electrons. The number of thioether (sulfide) groups is 1. The summed E-state index contributed by atoms with van der Waals surface area (Å²) >= 11 is 0.551. The van der Waals surface area contributed by atoms with Crippen LogP contribution in [0.25, 0.3) is 21.6 Å². The molecule has 0 atom stereocenters. The van der Waals surface area contributed by atoms with Crippen molar-refractivity contribution >= 4 is 34.5 Å². The molecule has 0 amide bonds. The summed E-state index contributed by atoms with van der Waals surface area (Å²) in [6.07, 6.45) is 0.663. The molecule has 0 bridgehead atoms. The normalized spacial score (nSPS) is 11.8. The quantitative estimate of drug-likeness (QED) is 0.0686. The van der Waals surface area contributed by atoms with Crippen molar-refractivity contribution in [1.29, 1.82) is 0 Å². The molecule has 0 saturated heterocycles. The van der Waals surface area contributed by atoms with E-state index in [-0.39, 0.29) is 16.0 Å². The smallest absolute Gasteiger partial charge is 0.383 e. The highest BCUT2D eigenvalue weighted by Gasteiger charge is 2.30. The predicted octanol–water partition coefficient (Wildman–Crippen LogP) is 6.13. The number of hydrogen-bond donors (Lipinski definition) is 0. The van der Waals surface area contributed by atoms with Gasteiger partial charge in [0.15, 0.2) is 6.29 Å². The Morgan fingerprint density at radius 3 is 2.47 bits per heavy atom. The second-order valence-corrected chi connectivity index (χ2v) is 8.07. The van der Waals surface area contributed by atoms with E-state index in [1.165, 1.54) is 19.2 Å². The van der Waals surface area contributed by atoms with Crippen LogP contribution in [-0.4, -0.2) is 31.4 Å². The van der Waals surface area contributed by atoms with Crippen molar-refractivity contribution in [2.75, 3.05) is 14.2 Å². The minimum Gasteiger partial charge on any atom is -0.496 e. The zero-order valence-corrected chi connectivity index (χ0v) is 19.0. The number of rotatable bonds is 8. The number of carbonyl (C=O) groups excluding carboxylic acids is 2. The SMILES string of the molecule is COc1ccc(/C(C=O)=C(\c2ccc(SC(=O)ON=[N+]=[N-])cc2F)C(C)(C)OC)cc1C. The molecule has 0 fully saturated rings. The lowest BCUT2D eigenvalue weighted by Crippen LogP contribution is -2.26. The summed E-state index contributed by atoms with van der Waals surface area (Å²) in [6, 6.07) is 9.31. The van der Waals surface area contributed by atoms with Crippen molar-refractivity contribution in [3.05, 3.63) is 69.3 Å². The highest BCUT2D eigenvalue weighted by Crippen LogP contribution is 2.39. The van der Waals surface area contributed by atoms with Crippen LogP contribution in [0.2, 0.25) is 0 Å². The van der Waals surface area contributed by atoms with Crippen LogP contribution in [0.4, 0.5) is 9.18 Å². The van der Waals surface area contributed by atoms with Gasteiger partial charge in [0, 0.05) is 33.6 Å². The number of allylic oxidation sites excluding steroid dienone is 1. The molecular formula is C22H22FN3O5S. The first-order valence-corrected chi connectivity index (χ1v) is 10.1. The second kappa shape index (κ2) is 10.8. The maximum Gasteiger partial charge on any atom is 0.383 e. The van der Waals surface area contributed by atoms with Crippen LogP contribution in [0, 0.1) is 12.7 Å². The number of nitrogens with zero attached hydrogens (tertiary/aromatic N) is 3. The van der Waals surface area contributed by atoms with Crippen LogP contribution < -0.4 is 4.74 Å². The molecule has 0 heterocycles. The highest BCUT2D eigenvalue weighted by molar-refractivity contribution is 8.13. The number of aldehydes is 1. The molecule has 2 aromatic rings. The van der Waals surface area contributed by atoms with E-state index in [4.69, 9.17) is 15.0 Å². The molecule has 0 aliphatic rings. The summed E-state index contributed by atoms with van der Waals surface area (Å²) < 4.78 is 26.1. The van der Waals surface area contributed by atoms with Gasteiger partial charge >= 0.3 is 5.30 Å². The lowest BCUT2D eigenvalue weighted by atomic mass is 9.84. The molecule has 0 N–H and O–H groups in total. The van der Waals surface area contributed by atoms with Gasteiger partial charge in [0.2, 0.25) is 0 Å². The van der Waals surface area contributed by atoms with E-state index in [1.807, 2.05) is 6.92 Å². The Morgan fingerprint density at radius 2 is 1.94 bits per heavy atom. The number of methoxy groups -OCH3 is 2. The lowest BCUT2D eigenvalue weighted by Gasteiger charge is -2.29. The van der Waals surface area contributed by atoms with Gasteiger partial charge in [0.05, 0.1) is 12.7 Å². The molecule has 10 heteroatoms. The van der Waals surface area contributed by atoms with Gasteiger partial charge in [-0.1, -0.05) is 12.1 Å². The van der Waals surface area contributed by atoms with Gasteiger partial charge in [0.1, 0.15) is 16.8 Å². The van der Waals surface area contributed by atoms with Gasteiger partial charge in [-0.05, 0) is 73.5 Å². The topological polar surface area (TPSA) is 111 Å². The minimum atomic E-state index is -1.03. The first kappa shape index (κ1) is 24.9. The Balaban J connectivity index is 2.65. The fourth-order valence-electron chi connectivity index (χ4n) is 3.14. The summed E-state index contributed by atoms with van der Waals surface area (Å²) in [5.74, 6) is -0.0111. The van der Waals surface area contributed by atoms with Crippen LogP contribution in [0.3, 0.4) is 0 Å². The molecule has 0 saturated carbocycles. The van der Waals surface area contributed by atoms with E-state index in [1.54, 1.807) is 39.2 Å².